The Morgan fingerprint density at radius 3 is 2.73 bits per heavy atom. The van der Waals surface area contributed by atoms with Crippen LogP contribution in [-0.2, 0) is 4.74 Å². The van der Waals surface area contributed by atoms with Gasteiger partial charge in [0.15, 0.2) is 0 Å². The highest BCUT2D eigenvalue weighted by molar-refractivity contribution is 5.94. The number of rotatable bonds is 1. The number of nitrogen functional groups attached to an aromatic ring is 1. The average molecular weight is 214 g/mol. The highest BCUT2D eigenvalue weighted by Gasteiger charge is 2.29. The van der Waals surface area contributed by atoms with Gasteiger partial charge in [-0.2, -0.15) is 0 Å². The fraction of sp³-hybridized carbons (Fsp3) is 0.571. The summed E-state index contributed by atoms with van der Waals surface area (Å²) in [5.74, 6) is -0.673. The summed E-state index contributed by atoms with van der Waals surface area (Å²) >= 11 is 0. The lowest BCUT2D eigenvalue weighted by atomic mass is 10.3. The van der Waals surface area contributed by atoms with Gasteiger partial charge in [0.2, 0.25) is 0 Å². The predicted octanol–water partition coefficient (Wildman–Crippen LogP) is -1.64. The molecule has 82 valence electrons. The molecule has 8 heteroatoms. The molecule has 8 nitrogen and oxygen atoms in total. The molecule has 1 aliphatic rings. The van der Waals surface area contributed by atoms with E-state index >= 15 is 0 Å². The van der Waals surface area contributed by atoms with E-state index in [0.717, 1.165) is 0 Å². The van der Waals surface area contributed by atoms with Crippen LogP contribution < -0.4 is 10.6 Å². The summed E-state index contributed by atoms with van der Waals surface area (Å²) in [6, 6.07) is 0. The van der Waals surface area contributed by atoms with Crippen molar-refractivity contribution in [3.8, 4) is 0 Å². The average Bonchev–Trinajstić information content (AvgIpc) is 2.59. The lowest BCUT2D eigenvalue weighted by molar-refractivity contribution is -0.803. The summed E-state index contributed by atoms with van der Waals surface area (Å²) in [6.45, 7) is 1.78. The van der Waals surface area contributed by atoms with Gasteiger partial charge in [-0.1, -0.05) is 0 Å². The van der Waals surface area contributed by atoms with E-state index < -0.39 is 5.91 Å². The predicted molar refractivity (Wildman–Crippen MR) is 46.6 cm³/mol. The SMILES string of the molecule is Nc1no[n+]([O-])c1C(=O)N1CCOCC1. The summed E-state index contributed by atoms with van der Waals surface area (Å²) in [6.07, 6.45) is 0. The number of nitrogens with two attached hydrogens (primary N) is 1. The number of hydrogen-bond acceptors (Lipinski definition) is 6. The summed E-state index contributed by atoms with van der Waals surface area (Å²) in [7, 11) is 0. The molecule has 1 aliphatic heterocycles. The van der Waals surface area contributed by atoms with Crippen molar-refractivity contribution >= 4 is 11.7 Å². The van der Waals surface area contributed by atoms with Gasteiger partial charge >= 0.3 is 17.4 Å². The first-order chi connectivity index (χ1) is 7.20. The van der Waals surface area contributed by atoms with Gasteiger partial charge in [0.1, 0.15) is 0 Å². The number of nitrogens with zero attached hydrogens (tertiary/aromatic N) is 3. The first kappa shape index (κ1) is 9.71. The fourth-order valence-electron chi connectivity index (χ4n) is 1.36. The molecule has 1 fully saturated rings. The molecular weight excluding hydrogens is 204 g/mol. The Morgan fingerprint density at radius 1 is 1.53 bits per heavy atom. The van der Waals surface area contributed by atoms with Crippen molar-refractivity contribution in [3.63, 3.8) is 0 Å². The van der Waals surface area contributed by atoms with E-state index in [9.17, 15) is 10.0 Å². The smallest absolute Gasteiger partial charge is 0.318 e. The maximum atomic E-state index is 11.8. The van der Waals surface area contributed by atoms with E-state index in [1.807, 2.05) is 0 Å². The molecule has 1 aromatic rings. The molecule has 1 saturated heterocycles. The number of hydrogen-bond donors (Lipinski definition) is 1. The third-order valence-corrected chi connectivity index (χ3v) is 2.14. The van der Waals surface area contributed by atoms with Crippen molar-refractivity contribution in [3.05, 3.63) is 10.9 Å². The number of amides is 1. The van der Waals surface area contributed by atoms with Crippen LogP contribution in [-0.4, -0.2) is 42.3 Å². The molecule has 0 bridgehead atoms. The van der Waals surface area contributed by atoms with E-state index in [0.29, 0.717) is 26.3 Å². The molecule has 0 unspecified atom stereocenters. The molecule has 0 spiro atoms. The van der Waals surface area contributed by atoms with E-state index in [1.165, 1.54) is 4.90 Å². The van der Waals surface area contributed by atoms with Gasteiger partial charge in [0, 0.05) is 13.1 Å². The molecule has 0 aliphatic carbocycles. The minimum absolute atomic E-state index is 0.0210. The van der Waals surface area contributed by atoms with Crippen molar-refractivity contribution in [2.75, 3.05) is 32.0 Å². The standard InChI is InChI=1S/C7H10N4O4/c8-6-5(11(13)15-9-6)7(12)10-1-3-14-4-2-10/h1-4H2,(H2,8,9). The maximum absolute atomic E-state index is 11.8. The molecule has 2 N–H and O–H groups in total. The Bertz CT molecular complexity index is 352. The third-order valence-electron chi connectivity index (χ3n) is 2.14. The molecule has 0 aromatic carbocycles. The molecule has 0 atom stereocenters. The summed E-state index contributed by atoms with van der Waals surface area (Å²) < 4.78 is 9.29. The molecule has 1 amide bonds. The molecule has 1 aromatic heterocycles. The lowest BCUT2D eigenvalue weighted by Gasteiger charge is -2.25. The Balaban J connectivity index is 2.19. The van der Waals surface area contributed by atoms with E-state index in [-0.39, 0.29) is 16.4 Å². The van der Waals surface area contributed by atoms with Gasteiger partial charge in [-0.3, -0.25) is 9.42 Å². The second-order valence-corrected chi connectivity index (χ2v) is 3.07. The number of ether oxygens (including phenoxy) is 1. The Labute approximate surface area is 84.7 Å². The fourth-order valence-corrected chi connectivity index (χ4v) is 1.36. The van der Waals surface area contributed by atoms with Gasteiger partial charge in [-0.05, 0) is 4.90 Å². The van der Waals surface area contributed by atoms with Gasteiger partial charge in [-0.25, -0.2) is 0 Å². The van der Waals surface area contributed by atoms with Gasteiger partial charge < -0.3 is 20.6 Å². The molecule has 2 heterocycles. The van der Waals surface area contributed by atoms with Crippen LogP contribution in [0.3, 0.4) is 0 Å². The molecule has 0 radical (unpaired) electrons. The van der Waals surface area contributed by atoms with Crippen LogP contribution in [0, 0.1) is 5.21 Å². The molecule has 15 heavy (non-hydrogen) atoms. The quantitative estimate of drug-likeness (QED) is 0.562. The van der Waals surface area contributed by atoms with Crippen molar-refractivity contribution in [1.29, 1.82) is 0 Å². The normalized spacial score (nSPS) is 16.7. The molecular formula is C7H10N4O4. The summed E-state index contributed by atoms with van der Waals surface area (Å²) in [4.78, 5) is 13.3. The number of carbonyl (C=O) groups is 1. The Morgan fingerprint density at radius 2 is 2.20 bits per heavy atom. The first-order valence-electron chi connectivity index (χ1n) is 4.42. The van der Waals surface area contributed by atoms with Crippen LogP contribution in [0.4, 0.5) is 5.82 Å². The number of carbonyl (C=O) groups excluding carboxylic acids is 1. The van der Waals surface area contributed by atoms with Crippen molar-refractivity contribution in [2.24, 2.45) is 0 Å². The lowest BCUT2D eigenvalue weighted by Crippen LogP contribution is -2.45. The van der Waals surface area contributed by atoms with Gasteiger partial charge in [0.05, 0.1) is 18.4 Å². The number of aromatic nitrogens is 2. The largest absolute Gasteiger partial charge is 0.378 e. The van der Waals surface area contributed by atoms with Gasteiger partial charge in [0.25, 0.3) is 0 Å². The van der Waals surface area contributed by atoms with E-state index in [1.54, 1.807) is 0 Å². The molecule has 0 saturated carbocycles. The monoisotopic (exact) mass is 214 g/mol. The van der Waals surface area contributed by atoms with Crippen LogP contribution in [0.15, 0.2) is 4.63 Å². The maximum Gasteiger partial charge on any atom is 0.318 e. The summed E-state index contributed by atoms with van der Waals surface area (Å²) in [5, 5.41) is 14.3. The highest BCUT2D eigenvalue weighted by atomic mass is 16.8. The Kier molecular flexibility index (Phi) is 2.42. The van der Waals surface area contributed by atoms with E-state index in [4.69, 9.17) is 10.5 Å². The second-order valence-electron chi connectivity index (χ2n) is 3.07. The number of morpholine rings is 1. The third kappa shape index (κ3) is 1.71. The zero-order valence-electron chi connectivity index (χ0n) is 7.88. The van der Waals surface area contributed by atoms with Crippen molar-refractivity contribution < 1.29 is 19.1 Å². The zero-order chi connectivity index (χ0) is 10.8. The van der Waals surface area contributed by atoms with Crippen molar-refractivity contribution in [2.45, 2.75) is 0 Å². The zero-order valence-corrected chi connectivity index (χ0v) is 7.88. The Hall–Kier alpha value is -1.83. The minimum atomic E-state index is -0.480. The minimum Gasteiger partial charge on any atom is -0.378 e. The van der Waals surface area contributed by atoms with Crippen LogP contribution in [0.2, 0.25) is 0 Å². The number of anilines is 1. The van der Waals surface area contributed by atoms with Crippen LogP contribution in [0.1, 0.15) is 10.5 Å². The topological polar surface area (TPSA) is 109 Å². The van der Waals surface area contributed by atoms with Gasteiger partial charge in [-0.15, -0.1) is 0 Å². The van der Waals surface area contributed by atoms with Crippen LogP contribution in [0.5, 0.6) is 0 Å². The van der Waals surface area contributed by atoms with Crippen LogP contribution >= 0.6 is 0 Å². The highest BCUT2D eigenvalue weighted by Crippen LogP contribution is 2.08. The molecule has 2 rings (SSSR count). The summed E-state index contributed by atoms with van der Waals surface area (Å²) in [5.41, 5.74) is 5.08. The van der Waals surface area contributed by atoms with Crippen LogP contribution in [0.25, 0.3) is 0 Å². The van der Waals surface area contributed by atoms with E-state index in [2.05, 4.69) is 9.79 Å². The first-order valence-corrected chi connectivity index (χ1v) is 4.42. The van der Waals surface area contributed by atoms with Crippen molar-refractivity contribution in [1.82, 2.24) is 10.1 Å². The second kappa shape index (κ2) is 3.73.